The highest BCUT2D eigenvalue weighted by molar-refractivity contribution is 5.98. The Labute approximate surface area is 160 Å². The van der Waals surface area contributed by atoms with Gasteiger partial charge in [-0.2, -0.15) is 5.10 Å². The first-order valence-corrected chi connectivity index (χ1v) is 9.07. The first-order valence-electron chi connectivity index (χ1n) is 9.07. The number of hydrazine groups is 1. The molecule has 7 heteroatoms. The van der Waals surface area contributed by atoms with E-state index < -0.39 is 11.8 Å². The second kappa shape index (κ2) is 8.24. The van der Waals surface area contributed by atoms with Crippen LogP contribution in [0.2, 0.25) is 0 Å². The van der Waals surface area contributed by atoms with Crippen LogP contribution < -0.4 is 15.6 Å². The number of carbonyl (C=O) groups excluding carboxylic acids is 2. The fourth-order valence-electron chi connectivity index (χ4n) is 2.57. The van der Waals surface area contributed by atoms with Gasteiger partial charge in [-0.3, -0.25) is 25.1 Å². The molecule has 0 aliphatic rings. The zero-order valence-electron chi connectivity index (χ0n) is 16.8. The number of nitrogens with zero attached hydrogens (tertiary/aromatic N) is 2. The molecule has 0 saturated carbocycles. The van der Waals surface area contributed by atoms with Crippen molar-refractivity contribution in [1.29, 1.82) is 0 Å². The van der Waals surface area contributed by atoms with E-state index in [4.69, 9.17) is 4.74 Å². The maximum absolute atomic E-state index is 12.4. The maximum Gasteiger partial charge on any atom is 0.290 e. The number of hydrogen-bond acceptors (Lipinski definition) is 4. The molecule has 0 atom stereocenters. The Morgan fingerprint density at radius 3 is 2.19 bits per heavy atom. The lowest BCUT2D eigenvalue weighted by Gasteiger charge is -2.23. The first kappa shape index (κ1) is 20.5. The van der Waals surface area contributed by atoms with Gasteiger partial charge in [0.2, 0.25) is 0 Å². The molecule has 0 bridgehead atoms. The van der Waals surface area contributed by atoms with Crippen LogP contribution >= 0.6 is 0 Å². The largest absolute Gasteiger partial charge is 0.494 e. The van der Waals surface area contributed by atoms with E-state index >= 15 is 0 Å². The molecule has 0 aliphatic heterocycles. The van der Waals surface area contributed by atoms with E-state index in [-0.39, 0.29) is 17.2 Å². The third kappa shape index (κ3) is 5.09. The van der Waals surface area contributed by atoms with Crippen LogP contribution in [0.4, 0.5) is 0 Å². The van der Waals surface area contributed by atoms with E-state index in [1.807, 2.05) is 32.4 Å². The molecule has 2 aromatic rings. The molecule has 2 N–H and O–H groups in total. The van der Waals surface area contributed by atoms with Crippen molar-refractivity contribution >= 4 is 11.8 Å². The van der Waals surface area contributed by atoms with Gasteiger partial charge in [0.15, 0.2) is 5.69 Å². The van der Waals surface area contributed by atoms with Gasteiger partial charge in [0.1, 0.15) is 5.75 Å². The summed E-state index contributed by atoms with van der Waals surface area (Å²) in [6.07, 6.45) is 0. The highest BCUT2D eigenvalue weighted by atomic mass is 16.5. The average Bonchev–Trinajstić information content (AvgIpc) is 3.06. The zero-order valence-corrected chi connectivity index (χ0v) is 16.8. The Morgan fingerprint density at radius 1 is 1.11 bits per heavy atom. The number of hydrogen-bond donors (Lipinski definition) is 2. The maximum atomic E-state index is 12.4. The highest BCUT2D eigenvalue weighted by Crippen LogP contribution is 2.23. The van der Waals surface area contributed by atoms with Gasteiger partial charge in [-0.15, -0.1) is 0 Å². The monoisotopic (exact) mass is 372 g/mol. The van der Waals surface area contributed by atoms with Crippen LogP contribution in [0.25, 0.3) is 0 Å². The molecule has 1 aromatic heterocycles. The molecule has 2 amide bonds. The van der Waals surface area contributed by atoms with Crippen LogP contribution in [-0.2, 0) is 5.54 Å². The SMILES string of the molecule is CCOc1ccc(C(=O)NNC(=O)c2cc(C(C)C)n(C(C)(C)C)n2)cc1. The van der Waals surface area contributed by atoms with E-state index in [0.717, 1.165) is 5.69 Å². The van der Waals surface area contributed by atoms with Crippen LogP contribution in [0.3, 0.4) is 0 Å². The Morgan fingerprint density at radius 2 is 1.70 bits per heavy atom. The summed E-state index contributed by atoms with van der Waals surface area (Å²) in [5, 5.41) is 4.42. The Kier molecular flexibility index (Phi) is 6.25. The lowest BCUT2D eigenvalue weighted by Crippen LogP contribution is -2.42. The molecule has 1 aromatic carbocycles. The van der Waals surface area contributed by atoms with Crippen LogP contribution in [0.15, 0.2) is 30.3 Å². The number of benzene rings is 1. The first-order chi connectivity index (χ1) is 12.6. The molecular weight excluding hydrogens is 344 g/mol. The summed E-state index contributed by atoms with van der Waals surface area (Å²) in [6.45, 7) is 12.6. The Hall–Kier alpha value is -2.83. The van der Waals surface area contributed by atoms with Gasteiger partial charge >= 0.3 is 0 Å². The number of aromatic nitrogens is 2. The van der Waals surface area contributed by atoms with Crippen molar-refractivity contribution in [3.05, 3.63) is 47.3 Å². The lowest BCUT2D eigenvalue weighted by molar-refractivity contribution is 0.0843. The van der Waals surface area contributed by atoms with Crippen molar-refractivity contribution in [3.8, 4) is 5.75 Å². The van der Waals surface area contributed by atoms with E-state index in [2.05, 4.69) is 29.8 Å². The van der Waals surface area contributed by atoms with Crippen LogP contribution in [0.1, 0.15) is 74.0 Å². The van der Waals surface area contributed by atoms with Crippen molar-refractivity contribution < 1.29 is 14.3 Å². The van der Waals surface area contributed by atoms with Crippen molar-refractivity contribution in [2.45, 2.75) is 53.0 Å². The van der Waals surface area contributed by atoms with Gasteiger partial charge in [0.05, 0.1) is 12.1 Å². The summed E-state index contributed by atoms with van der Waals surface area (Å²) >= 11 is 0. The van der Waals surface area contributed by atoms with Crippen LogP contribution in [0, 0.1) is 0 Å². The molecule has 0 fully saturated rings. The molecule has 146 valence electrons. The van der Waals surface area contributed by atoms with Crippen molar-refractivity contribution in [2.75, 3.05) is 6.61 Å². The molecule has 2 rings (SSSR count). The minimum absolute atomic E-state index is 0.219. The normalized spacial score (nSPS) is 11.4. The van der Waals surface area contributed by atoms with Gasteiger partial charge in [0, 0.05) is 11.3 Å². The predicted octanol–water partition coefficient (Wildman–Crippen LogP) is 3.24. The third-order valence-electron chi connectivity index (χ3n) is 3.91. The summed E-state index contributed by atoms with van der Waals surface area (Å²) in [7, 11) is 0. The average molecular weight is 372 g/mol. The number of nitrogens with one attached hydrogen (secondary N) is 2. The number of amides is 2. The Bertz CT molecular complexity index is 802. The molecular formula is C20H28N4O3. The predicted molar refractivity (Wildman–Crippen MR) is 104 cm³/mol. The van der Waals surface area contributed by atoms with Crippen molar-refractivity contribution in [2.24, 2.45) is 0 Å². The number of carbonyl (C=O) groups is 2. The van der Waals surface area contributed by atoms with Crippen LogP contribution in [-0.4, -0.2) is 28.2 Å². The summed E-state index contributed by atoms with van der Waals surface area (Å²) in [5.41, 5.74) is 6.24. The molecule has 0 saturated heterocycles. The van der Waals surface area contributed by atoms with E-state index in [1.54, 1.807) is 30.3 Å². The van der Waals surface area contributed by atoms with Crippen molar-refractivity contribution in [1.82, 2.24) is 20.6 Å². The summed E-state index contributed by atoms with van der Waals surface area (Å²) < 4.78 is 7.19. The second-order valence-electron chi connectivity index (χ2n) is 7.56. The minimum atomic E-state index is -0.459. The summed E-state index contributed by atoms with van der Waals surface area (Å²) in [4.78, 5) is 24.6. The second-order valence-corrected chi connectivity index (χ2v) is 7.56. The van der Waals surface area contributed by atoms with Gasteiger partial charge in [-0.05, 0) is 63.9 Å². The lowest BCUT2D eigenvalue weighted by atomic mass is 10.1. The smallest absolute Gasteiger partial charge is 0.290 e. The van der Waals surface area contributed by atoms with Gasteiger partial charge in [0.25, 0.3) is 11.8 Å². The standard InChI is InChI=1S/C20H28N4O3/c1-7-27-15-10-8-14(9-11-15)18(25)21-22-19(26)16-12-17(13(2)3)24(23-16)20(4,5)6/h8-13H,7H2,1-6H3,(H,21,25)(H,22,26). The van der Waals surface area contributed by atoms with Gasteiger partial charge in [-0.25, -0.2) is 0 Å². The molecule has 0 aliphatic carbocycles. The van der Waals surface area contributed by atoms with Gasteiger partial charge < -0.3 is 4.74 Å². The molecule has 7 nitrogen and oxygen atoms in total. The quantitative estimate of drug-likeness (QED) is 0.789. The minimum Gasteiger partial charge on any atom is -0.494 e. The van der Waals surface area contributed by atoms with Gasteiger partial charge in [-0.1, -0.05) is 13.8 Å². The molecule has 1 heterocycles. The fraction of sp³-hybridized carbons (Fsp3) is 0.450. The summed E-state index contributed by atoms with van der Waals surface area (Å²) in [6, 6.07) is 8.45. The van der Waals surface area contributed by atoms with E-state index in [0.29, 0.717) is 17.9 Å². The topological polar surface area (TPSA) is 85.3 Å². The molecule has 27 heavy (non-hydrogen) atoms. The van der Waals surface area contributed by atoms with E-state index in [9.17, 15) is 9.59 Å². The molecule has 0 radical (unpaired) electrons. The highest BCUT2D eigenvalue weighted by Gasteiger charge is 2.23. The number of ether oxygens (including phenoxy) is 1. The molecule has 0 spiro atoms. The van der Waals surface area contributed by atoms with Crippen molar-refractivity contribution in [3.63, 3.8) is 0 Å². The number of rotatable bonds is 5. The summed E-state index contributed by atoms with van der Waals surface area (Å²) in [5.74, 6) is 0.0358. The third-order valence-corrected chi connectivity index (χ3v) is 3.91. The fourth-order valence-corrected chi connectivity index (χ4v) is 2.57. The zero-order chi connectivity index (χ0) is 20.2. The molecule has 0 unspecified atom stereocenters. The Balaban J connectivity index is 2.06. The van der Waals surface area contributed by atoms with Crippen LogP contribution in [0.5, 0.6) is 5.75 Å². The van der Waals surface area contributed by atoms with E-state index in [1.165, 1.54) is 0 Å².